The van der Waals surface area contributed by atoms with Crippen LogP contribution in [0.1, 0.15) is 40.7 Å². The van der Waals surface area contributed by atoms with E-state index in [1.54, 1.807) is 48.9 Å². The summed E-state index contributed by atoms with van der Waals surface area (Å²) in [6.07, 6.45) is 3.89. The lowest BCUT2D eigenvalue weighted by Gasteiger charge is -2.32. The molecule has 4 aromatic rings. The zero-order valence-corrected chi connectivity index (χ0v) is 30.6. The van der Waals surface area contributed by atoms with Crippen LogP contribution in [-0.4, -0.2) is 111 Å². The average Bonchev–Trinajstić information content (AvgIpc) is 3.45. The lowest BCUT2D eigenvalue weighted by Crippen LogP contribution is -2.43. The molecule has 1 atom stereocenters. The van der Waals surface area contributed by atoms with E-state index < -0.39 is 39.6 Å². The fraction of sp³-hybridized carbons (Fsp3) is 0.324. The number of amides is 3. The number of aromatic nitrogens is 3. The largest absolute Gasteiger partial charge is 0.333 e. The molecule has 2 aliphatic heterocycles. The standard InChI is InChI=1S/C37H40N8O8S/c1-25-7-12-29(21-31(25)41-37-39-15-13-30(40-37)28-5-3-14-38-23-28)44(16-4-6-34(47)53-45-33(46)22-32(36(45)49)54(50,51)52)35(48)27-10-8-26(9-11-27)24-43-19-17-42(2)18-20-43/h3,5,7-15,21,23,32H,4,6,16-20,22,24H2,1-2H3,(H,39,40,41)(H,50,51,52). The van der Waals surface area contributed by atoms with Crippen LogP contribution in [0.25, 0.3) is 11.3 Å². The molecule has 0 spiro atoms. The molecule has 0 bridgehead atoms. The van der Waals surface area contributed by atoms with Crippen molar-refractivity contribution in [3.05, 3.63) is 95.9 Å². The van der Waals surface area contributed by atoms with E-state index in [0.29, 0.717) is 28.6 Å². The number of hydrogen-bond acceptors (Lipinski definition) is 13. The third-order valence-corrected chi connectivity index (χ3v) is 10.3. The van der Waals surface area contributed by atoms with E-state index in [0.717, 1.165) is 49.4 Å². The van der Waals surface area contributed by atoms with Crippen molar-refractivity contribution in [2.45, 2.75) is 38.0 Å². The number of likely N-dealkylation sites (N-methyl/N-ethyl adjacent to an activating group) is 1. The zero-order chi connectivity index (χ0) is 38.4. The number of pyridine rings is 1. The molecule has 2 aromatic heterocycles. The van der Waals surface area contributed by atoms with Gasteiger partial charge in [-0.25, -0.2) is 14.8 Å². The maximum absolute atomic E-state index is 14.2. The molecule has 282 valence electrons. The van der Waals surface area contributed by atoms with Gasteiger partial charge in [0, 0.05) is 86.8 Å². The molecular formula is C37H40N8O8S. The maximum atomic E-state index is 14.2. The van der Waals surface area contributed by atoms with Gasteiger partial charge in [-0.05, 0) is 74.0 Å². The number of nitrogens with one attached hydrogen (secondary N) is 1. The Balaban J connectivity index is 1.20. The van der Waals surface area contributed by atoms with E-state index in [9.17, 15) is 32.1 Å². The number of hydrogen-bond donors (Lipinski definition) is 2. The molecule has 4 heterocycles. The molecular weight excluding hydrogens is 717 g/mol. The highest BCUT2D eigenvalue weighted by Crippen LogP contribution is 2.28. The third kappa shape index (κ3) is 9.29. The van der Waals surface area contributed by atoms with Crippen LogP contribution in [0.15, 0.2) is 79.3 Å². The summed E-state index contributed by atoms with van der Waals surface area (Å²) in [5.41, 5.74) is 4.97. The number of hydroxylamine groups is 2. The van der Waals surface area contributed by atoms with Gasteiger partial charge in [-0.3, -0.25) is 28.8 Å². The Morgan fingerprint density at radius 1 is 1.02 bits per heavy atom. The van der Waals surface area contributed by atoms with E-state index in [1.807, 2.05) is 37.3 Å². The Kier molecular flexibility index (Phi) is 11.7. The Labute approximate surface area is 312 Å². The molecule has 54 heavy (non-hydrogen) atoms. The van der Waals surface area contributed by atoms with Crippen molar-refractivity contribution in [2.24, 2.45) is 0 Å². The van der Waals surface area contributed by atoms with Gasteiger partial charge in [0.15, 0.2) is 5.25 Å². The van der Waals surface area contributed by atoms with Crippen molar-refractivity contribution >= 4 is 51.1 Å². The first kappa shape index (κ1) is 38.1. The van der Waals surface area contributed by atoms with Gasteiger partial charge in [-0.15, -0.1) is 5.06 Å². The van der Waals surface area contributed by atoms with Crippen LogP contribution in [0, 0.1) is 6.92 Å². The molecule has 2 aromatic carbocycles. The molecule has 0 saturated carbocycles. The van der Waals surface area contributed by atoms with Crippen molar-refractivity contribution in [2.75, 3.05) is 50.0 Å². The predicted molar refractivity (Wildman–Crippen MR) is 198 cm³/mol. The summed E-state index contributed by atoms with van der Waals surface area (Å²) in [4.78, 5) is 75.7. The summed E-state index contributed by atoms with van der Waals surface area (Å²) >= 11 is 0. The average molecular weight is 757 g/mol. The number of piperazine rings is 1. The van der Waals surface area contributed by atoms with Gasteiger partial charge < -0.3 is 20.0 Å². The molecule has 0 radical (unpaired) electrons. The molecule has 2 saturated heterocycles. The predicted octanol–water partition coefficient (Wildman–Crippen LogP) is 3.24. The van der Waals surface area contributed by atoms with E-state index in [-0.39, 0.29) is 30.4 Å². The lowest BCUT2D eigenvalue weighted by molar-refractivity contribution is -0.197. The van der Waals surface area contributed by atoms with Crippen molar-refractivity contribution in [3.8, 4) is 11.3 Å². The third-order valence-electron chi connectivity index (χ3n) is 9.22. The number of benzene rings is 2. The Morgan fingerprint density at radius 3 is 2.46 bits per heavy atom. The van der Waals surface area contributed by atoms with Gasteiger partial charge in [-0.2, -0.15) is 8.42 Å². The van der Waals surface area contributed by atoms with Crippen molar-refractivity contribution in [1.82, 2.24) is 29.8 Å². The number of carbonyl (C=O) groups is 4. The first-order valence-corrected chi connectivity index (χ1v) is 18.8. The minimum absolute atomic E-state index is 0.0298. The molecule has 17 heteroatoms. The molecule has 6 rings (SSSR count). The Bertz CT molecular complexity index is 2130. The molecule has 2 N–H and O–H groups in total. The minimum Gasteiger partial charge on any atom is -0.330 e. The second-order valence-corrected chi connectivity index (χ2v) is 14.8. The maximum Gasteiger partial charge on any atom is 0.333 e. The minimum atomic E-state index is -4.87. The quantitative estimate of drug-likeness (QED) is 0.149. The van der Waals surface area contributed by atoms with Crippen LogP contribution >= 0.6 is 0 Å². The van der Waals surface area contributed by atoms with Crippen molar-refractivity contribution in [3.63, 3.8) is 0 Å². The van der Waals surface area contributed by atoms with Crippen LogP contribution in [-0.2, 0) is 35.9 Å². The highest BCUT2D eigenvalue weighted by atomic mass is 32.2. The van der Waals surface area contributed by atoms with Gasteiger partial charge in [0.1, 0.15) is 0 Å². The van der Waals surface area contributed by atoms with Crippen molar-refractivity contribution < 1.29 is 37.0 Å². The van der Waals surface area contributed by atoms with E-state index in [4.69, 9.17) is 4.84 Å². The summed E-state index contributed by atoms with van der Waals surface area (Å²) < 4.78 is 32.2. The van der Waals surface area contributed by atoms with Crippen LogP contribution in [0.2, 0.25) is 0 Å². The number of carbonyl (C=O) groups excluding carboxylic acids is 4. The fourth-order valence-corrected chi connectivity index (χ4v) is 6.79. The molecule has 2 aliphatic rings. The first-order chi connectivity index (χ1) is 25.9. The Hall–Kier alpha value is -5.62. The second-order valence-electron chi connectivity index (χ2n) is 13.2. The lowest BCUT2D eigenvalue weighted by atomic mass is 10.1. The SMILES string of the molecule is Cc1ccc(N(CCCC(=O)ON2C(=O)CC(S(=O)(=O)O)C2=O)C(=O)c2ccc(CN3CCN(C)CC3)cc2)cc1Nc1nccc(-c2cccnc2)n1. The summed E-state index contributed by atoms with van der Waals surface area (Å²) in [5, 5.41) is 1.28. The molecule has 0 aliphatic carbocycles. The van der Waals surface area contributed by atoms with E-state index in [1.165, 1.54) is 4.90 Å². The summed E-state index contributed by atoms with van der Waals surface area (Å²) in [5.74, 6) is -3.42. The topological polar surface area (TPSA) is 196 Å². The normalized spacial score (nSPS) is 16.7. The number of anilines is 3. The highest BCUT2D eigenvalue weighted by molar-refractivity contribution is 7.87. The highest BCUT2D eigenvalue weighted by Gasteiger charge is 2.48. The smallest absolute Gasteiger partial charge is 0.330 e. The van der Waals surface area contributed by atoms with Crippen LogP contribution in [0.5, 0.6) is 0 Å². The van der Waals surface area contributed by atoms with E-state index >= 15 is 0 Å². The molecule has 1 unspecified atom stereocenters. The van der Waals surface area contributed by atoms with Crippen LogP contribution in [0.3, 0.4) is 0 Å². The van der Waals surface area contributed by atoms with Gasteiger partial charge in [-0.1, -0.05) is 18.2 Å². The zero-order valence-electron chi connectivity index (χ0n) is 29.8. The summed E-state index contributed by atoms with van der Waals surface area (Å²) in [6.45, 7) is 6.58. The Morgan fingerprint density at radius 2 is 1.78 bits per heavy atom. The summed E-state index contributed by atoms with van der Waals surface area (Å²) in [6, 6.07) is 18.3. The summed E-state index contributed by atoms with van der Waals surface area (Å²) in [7, 11) is -2.77. The number of aryl methyl sites for hydroxylation is 1. The van der Waals surface area contributed by atoms with Gasteiger partial charge in [0.25, 0.3) is 27.8 Å². The van der Waals surface area contributed by atoms with Gasteiger partial charge >= 0.3 is 5.97 Å². The fourth-order valence-electron chi connectivity index (χ4n) is 6.09. The monoisotopic (exact) mass is 756 g/mol. The molecule has 16 nitrogen and oxygen atoms in total. The van der Waals surface area contributed by atoms with Crippen LogP contribution < -0.4 is 10.2 Å². The number of nitrogens with zero attached hydrogens (tertiary/aromatic N) is 7. The number of imide groups is 1. The van der Waals surface area contributed by atoms with Crippen LogP contribution in [0.4, 0.5) is 17.3 Å². The van der Waals surface area contributed by atoms with Crippen molar-refractivity contribution in [1.29, 1.82) is 0 Å². The number of rotatable bonds is 13. The van der Waals surface area contributed by atoms with E-state index in [2.05, 4.69) is 37.1 Å². The van der Waals surface area contributed by atoms with Gasteiger partial charge in [0.05, 0.1) is 12.1 Å². The molecule has 3 amide bonds. The molecule has 2 fully saturated rings. The second kappa shape index (κ2) is 16.6. The van der Waals surface area contributed by atoms with Gasteiger partial charge in [0.2, 0.25) is 5.95 Å². The first-order valence-electron chi connectivity index (χ1n) is 17.3.